The maximum atomic E-state index is 12.5. The average molecular weight is 401 g/mol. The minimum absolute atomic E-state index is 0.0457. The molecule has 0 aliphatic heterocycles. The van der Waals surface area contributed by atoms with Crippen molar-refractivity contribution >= 4 is 17.6 Å². The summed E-state index contributed by atoms with van der Waals surface area (Å²) >= 11 is 5.75. The number of aromatic nitrogens is 1. The van der Waals surface area contributed by atoms with Crippen LogP contribution in [0.25, 0.3) is 0 Å². The minimum Gasteiger partial charge on any atom is -0.405 e. The molecule has 0 aliphatic carbocycles. The summed E-state index contributed by atoms with van der Waals surface area (Å²) in [7, 11) is 0. The van der Waals surface area contributed by atoms with Crippen molar-refractivity contribution in [1.29, 1.82) is 0 Å². The Balaban J connectivity index is 1.97. The van der Waals surface area contributed by atoms with E-state index in [1.807, 2.05) is 13.0 Å². The molecule has 0 unspecified atom stereocenters. The van der Waals surface area contributed by atoms with Gasteiger partial charge in [0.2, 0.25) is 0 Å². The van der Waals surface area contributed by atoms with Gasteiger partial charge in [-0.1, -0.05) is 35.9 Å². The first kappa shape index (κ1) is 20.8. The molecular formula is C18H20ClF3N4O. The van der Waals surface area contributed by atoms with Gasteiger partial charge in [-0.2, -0.15) is 0 Å². The van der Waals surface area contributed by atoms with E-state index in [1.54, 1.807) is 24.4 Å². The number of hydrogen-bond donors (Lipinski definition) is 2. The zero-order valence-electron chi connectivity index (χ0n) is 14.7. The SMILES string of the molecule is CCNC(=NCc1ccccc1OC(F)(F)F)NCCc1ccc(Cl)nc1. The van der Waals surface area contributed by atoms with E-state index < -0.39 is 6.36 Å². The van der Waals surface area contributed by atoms with Crippen LogP contribution in [0.15, 0.2) is 47.6 Å². The fourth-order valence-electron chi connectivity index (χ4n) is 2.24. The molecule has 9 heteroatoms. The molecule has 1 aromatic heterocycles. The number of alkyl halides is 3. The van der Waals surface area contributed by atoms with E-state index in [0.717, 1.165) is 5.56 Å². The van der Waals surface area contributed by atoms with E-state index in [4.69, 9.17) is 11.6 Å². The Morgan fingerprint density at radius 2 is 1.96 bits per heavy atom. The smallest absolute Gasteiger partial charge is 0.405 e. The van der Waals surface area contributed by atoms with Gasteiger partial charge in [-0.05, 0) is 31.0 Å². The molecular weight excluding hydrogens is 381 g/mol. The van der Waals surface area contributed by atoms with Crippen LogP contribution >= 0.6 is 11.6 Å². The van der Waals surface area contributed by atoms with Gasteiger partial charge in [0.15, 0.2) is 5.96 Å². The second kappa shape index (κ2) is 10.0. The monoisotopic (exact) mass is 400 g/mol. The van der Waals surface area contributed by atoms with Crippen LogP contribution in [0.2, 0.25) is 5.15 Å². The van der Waals surface area contributed by atoms with Crippen molar-refractivity contribution in [2.45, 2.75) is 26.3 Å². The number of benzene rings is 1. The quantitative estimate of drug-likeness (QED) is 0.420. The maximum absolute atomic E-state index is 12.5. The van der Waals surface area contributed by atoms with E-state index in [2.05, 4.69) is 25.3 Å². The summed E-state index contributed by atoms with van der Waals surface area (Å²) in [5, 5.41) is 6.62. The third-order valence-electron chi connectivity index (χ3n) is 3.44. The zero-order chi connectivity index (χ0) is 19.7. The predicted octanol–water partition coefficient (Wildman–Crippen LogP) is 3.93. The van der Waals surface area contributed by atoms with Crippen molar-refractivity contribution in [3.05, 3.63) is 58.9 Å². The highest BCUT2D eigenvalue weighted by atomic mass is 35.5. The largest absolute Gasteiger partial charge is 0.573 e. The number of hydrogen-bond acceptors (Lipinski definition) is 3. The molecule has 0 saturated heterocycles. The van der Waals surface area contributed by atoms with E-state index in [0.29, 0.717) is 36.2 Å². The highest BCUT2D eigenvalue weighted by Gasteiger charge is 2.31. The minimum atomic E-state index is -4.74. The topological polar surface area (TPSA) is 58.5 Å². The van der Waals surface area contributed by atoms with E-state index in [9.17, 15) is 13.2 Å². The Hall–Kier alpha value is -2.48. The lowest BCUT2D eigenvalue weighted by atomic mass is 10.2. The Kier molecular flexibility index (Phi) is 7.72. The van der Waals surface area contributed by atoms with Crippen LogP contribution in [-0.2, 0) is 13.0 Å². The summed E-state index contributed by atoms with van der Waals surface area (Å²) in [4.78, 5) is 8.34. The average Bonchev–Trinajstić information content (AvgIpc) is 2.61. The molecule has 0 aliphatic rings. The molecule has 27 heavy (non-hydrogen) atoms. The highest BCUT2D eigenvalue weighted by molar-refractivity contribution is 6.29. The maximum Gasteiger partial charge on any atom is 0.573 e. The molecule has 0 spiro atoms. The first-order chi connectivity index (χ1) is 12.9. The number of ether oxygens (including phenoxy) is 1. The summed E-state index contributed by atoms with van der Waals surface area (Å²) < 4.78 is 41.5. The number of guanidine groups is 1. The summed E-state index contributed by atoms with van der Waals surface area (Å²) in [6, 6.07) is 9.54. The standard InChI is InChI=1S/C18H20ClF3N4O/c1-2-23-17(24-10-9-13-7-8-16(19)25-11-13)26-12-14-5-3-4-6-15(14)27-18(20,21)22/h3-8,11H,2,9-10,12H2,1H3,(H2,23,24,26). The van der Waals surface area contributed by atoms with Crippen LogP contribution in [0.3, 0.4) is 0 Å². The first-order valence-electron chi connectivity index (χ1n) is 8.33. The number of para-hydroxylation sites is 1. The van der Waals surface area contributed by atoms with Crippen molar-refractivity contribution in [2.24, 2.45) is 4.99 Å². The normalized spacial score (nSPS) is 12.0. The van der Waals surface area contributed by atoms with Gasteiger partial charge in [-0.25, -0.2) is 9.98 Å². The molecule has 2 aromatic rings. The molecule has 0 radical (unpaired) electrons. The fourth-order valence-corrected chi connectivity index (χ4v) is 2.36. The van der Waals surface area contributed by atoms with Crippen molar-refractivity contribution in [3.63, 3.8) is 0 Å². The van der Waals surface area contributed by atoms with Crippen LogP contribution in [0.1, 0.15) is 18.1 Å². The third kappa shape index (κ3) is 7.74. The van der Waals surface area contributed by atoms with Crippen LogP contribution in [0.4, 0.5) is 13.2 Å². The molecule has 0 bridgehead atoms. The third-order valence-corrected chi connectivity index (χ3v) is 3.67. The Morgan fingerprint density at radius 3 is 2.63 bits per heavy atom. The lowest BCUT2D eigenvalue weighted by Crippen LogP contribution is -2.38. The lowest BCUT2D eigenvalue weighted by molar-refractivity contribution is -0.274. The van der Waals surface area contributed by atoms with Crippen molar-refractivity contribution in [3.8, 4) is 5.75 Å². The molecule has 0 fully saturated rings. The van der Waals surface area contributed by atoms with Gasteiger partial charge in [0.1, 0.15) is 10.9 Å². The molecule has 0 atom stereocenters. The number of nitrogens with one attached hydrogen (secondary N) is 2. The molecule has 146 valence electrons. The molecule has 5 nitrogen and oxygen atoms in total. The molecule has 2 rings (SSSR count). The summed E-state index contributed by atoms with van der Waals surface area (Å²) in [5.74, 6) is 0.248. The zero-order valence-corrected chi connectivity index (χ0v) is 15.4. The molecule has 1 heterocycles. The number of halogens is 4. The van der Waals surface area contributed by atoms with E-state index in [-0.39, 0.29) is 12.3 Å². The Morgan fingerprint density at radius 1 is 1.19 bits per heavy atom. The van der Waals surface area contributed by atoms with Crippen LogP contribution in [0, 0.1) is 0 Å². The molecule has 1 aromatic carbocycles. The number of aliphatic imine (C=N–C) groups is 1. The Labute approximate surface area is 160 Å². The first-order valence-corrected chi connectivity index (χ1v) is 8.71. The Bertz CT molecular complexity index is 751. The number of rotatable bonds is 7. The summed E-state index contributed by atoms with van der Waals surface area (Å²) in [6.45, 7) is 3.15. The van der Waals surface area contributed by atoms with Crippen LogP contribution in [0.5, 0.6) is 5.75 Å². The second-order valence-corrected chi connectivity index (χ2v) is 5.90. The number of nitrogens with zero attached hydrogens (tertiary/aromatic N) is 2. The van der Waals surface area contributed by atoms with Crippen LogP contribution in [-0.4, -0.2) is 30.4 Å². The fraction of sp³-hybridized carbons (Fsp3) is 0.333. The van der Waals surface area contributed by atoms with Gasteiger partial charge in [-0.3, -0.25) is 0 Å². The molecule has 0 amide bonds. The second-order valence-electron chi connectivity index (χ2n) is 5.52. The predicted molar refractivity (Wildman–Crippen MR) is 98.9 cm³/mol. The van der Waals surface area contributed by atoms with Gasteiger partial charge in [0.05, 0.1) is 6.54 Å². The van der Waals surface area contributed by atoms with Gasteiger partial charge in [0.25, 0.3) is 0 Å². The van der Waals surface area contributed by atoms with Gasteiger partial charge >= 0.3 is 6.36 Å². The summed E-state index contributed by atoms with van der Waals surface area (Å²) in [5.41, 5.74) is 1.35. The van der Waals surface area contributed by atoms with E-state index >= 15 is 0 Å². The van der Waals surface area contributed by atoms with Gasteiger partial charge in [-0.15, -0.1) is 13.2 Å². The summed E-state index contributed by atoms with van der Waals surface area (Å²) in [6.07, 6.45) is -2.35. The van der Waals surface area contributed by atoms with Crippen molar-refractivity contribution in [1.82, 2.24) is 15.6 Å². The van der Waals surface area contributed by atoms with E-state index in [1.165, 1.54) is 12.1 Å². The lowest BCUT2D eigenvalue weighted by Gasteiger charge is -2.14. The van der Waals surface area contributed by atoms with Gasteiger partial charge in [0, 0.05) is 24.8 Å². The number of pyridine rings is 1. The van der Waals surface area contributed by atoms with Crippen molar-refractivity contribution < 1.29 is 17.9 Å². The molecule has 2 N–H and O–H groups in total. The van der Waals surface area contributed by atoms with Crippen LogP contribution < -0.4 is 15.4 Å². The van der Waals surface area contributed by atoms with Crippen molar-refractivity contribution in [2.75, 3.05) is 13.1 Å². The molecule has 0 saturated carbocycles. The van der Waals surface area contributed by atoms with Gasteiger partial charge < -0.3 is 15.4 Å². The highest BCUT2D eigenvalue weighted by Crippen LogP contribution is 2.26.